The van der Waals surface area contributed by atoms with Crippen molar-refractivity contribution in [1.82, 2.24) is 0 Å². The summed E-state index contributed by atoms with van der Waals surface area (Å²) in [6, 6.07) is 0. The number of aliphatic hydroxyl groups is 5. The highest BCUT2D eigenvalue weighted by Crippen LogP contribution is 2.29. The second-order valence-electron chi connectivity index (χ2n) is 4.33. The Balaban J connectivity index is 5.12. The SMILES string of the molecule is C[C@](O)(C=O)[C@@](C)(O)[C@@H](O)[C@](C)(O)CO. The fourth-order valence-electron chi connectivity index (χ4n) is 1.09. The third kappa shape index (κ3) is 2.53. The molecule has 0 saturated heterocycles. The highest BCUT2D eigenvalue weighted by atomic mass is 16.4. The normalized spacial score (nSPS) is 25.9. The van der Waals surface area contributed by atoms with Gasteiger partial charge in [0, 0.05) is 0 Å². The zero-order chi connectivity index (χ0) is 12.5. The van der Waals surface area contributed by atoms with Crippen molar-refractivity contribution in [3.05, 3.63) is 0 Å². The molecular formula is C9H18O6. The van der Waals surface area contributed by atoms with E-state index in [9.17, 15) is 25.2 Å². The Hall–Kier alpha value is -0.530. The number of carbonyl (C=O) groups excluding carboxylic acids is 1. The number of carbonyl (C=O) groups is 1. The van der Waals surface area contributed by atoms with E-state index in [-0.39, 0.29) is 6.29 Å². The number of rotatable bonds is 5. The summed E-state index contributed by atoms with van der Waals surface area (Å²) in [5, 5.41) is 47.2. The zero-order valence-electron chi connectivity index (χ0n) is 9.01. The maximum Gasteiger partial charge on any atom is 0.154 e. The third-order valence-electron chi connectivity index (χ3n) is 2.70. The lowest BCUT2D eigenvalue weighted by Crippen LogP contribution is -2.65. The van der Waals surface area contributed by atoms with Crippen LogP contribution in [0, 0.1) is 0 Å². The summed E-state index contributed by atoms with van der Waals surface area (Å²) in [6.07, 6.45) is -1.82. The highest BCUT2D eigenvalue weighted by Gasteiger charge is 2.53. The molecule has 0 heterocycles. The lowest BCUT2D eigenvalue weighted by Gasteiger charge is -2.43. The molecule has 0 aliphatic carbocycles. The summed E-state index contributed by atoms with van der Waals surface area (Å²) < 4.78 is 0. The molecule has 5 N–H and O–H groups in total. The minimum atomic E-state index is -2.28. The lowest BCUT2D eigenvalue weighted by atomic mass is 9.76. The van der Waals surface area contributed by atoms with Crippen LogP contribution in [0.5, 0.6) is 0 Å². The van der Waals surface area contributed by atoms with Gasteiger partial charge in [0.05, 0.1) is 6.61 Å². The van der Waals surface area contributed by atoms with Crippen LogP contribution in [0.25, 0.3) is 0 Å². The van der Waals surface area contributed by atoms with E-state index in [1.807, 2.05) is 0 Å². The van der Waals surface area contributed by atoms with Crippen molar-refractivity contribution in [2.75, 3.05) is 6.61 Å². The van der Waals surface area contributed by atoms with Gasteiger partial charge in [-0.3, -0.25) is 0 Å². The summed E-state index contributed by atoms with van der Waals surface area (Å²) in [4.78, 5) is 10.5. The van der Waals surface area contributed by atoms with Crippen LogP contribution in [0.2, 0.25) is 0 Å². The van der Waals surface area contributed by atoms with Gasteiger partial charge in [0.25, 0.3) is 0 Å². The molecule has 15 heavy (non-hydrogen) atoms. The van der Waals surface area contributed by atoms with E-state index in [4.69, 9.17) is 5.11 Å². The van der Waals surface area contributed by atoms with E-state index in [2.05, 4.69) is 0 Å². The Kier molecular flexibility index (Phi) is 4.00. The Morgan fingerprint density at radius 3 is 1.87 bits per heavy atom. The van der Waals surface area contributed by atoms with E-state index >= 15 is 0 Å². The first-order valence-corrected chi connectivity index (χ1v) is 4.45. The Labute approximate surface area is 87.8 Å². The van der Waals surface area contributed by atoms with Gasteiger partial charge in [0.2, 0.25) is 0 Å². The van der Waals surface area contributed by atoms with Gasteiger partial charge in [0.15, 0.2) is 6.29 Å². The number of hydrogen-bond donors (Lipinski definition) is 5. The summed E-state index contributed by atoms with van der Waals surface area (Å²) in [5.74, 6) is 0. The third-order valence-corrected chi connectivity index (χ3v) is 2.70. The molecule has 0 fully saturated rings. The molecule has 0 bridgehead atoms. The first-order valence-electron chi connectivity index (χ1n) is 4.45. The Morgan fingerprint density at radius 2 is 1.60 bits per heavy atom. The average Bonchev–Trinajstić information content (AvgIpc) is 2.16. The van der Waals surface area contributed by atoms with Crippen LogP contribution in [0.15, 0.2) is 0 Å². The summed E-state index contributed by atoms with van der Waals surface area (Å²) in [7, 11) is 0. The van der Waals surface area contributed by atoms with E-state index in [1.54, 1.807) is 0 Å². The van der Waals surface area contributed by atoms with E-state index in [0.717, 1.165) is 20.8 Å². The minimum absolute atomic E-state index is 0.0592. The molecule has 0 radical (unpaired) electrons. The molecule has 6 heteroatoms. The molecule has 4 atom stereocenters. The molecule has 0 aliphatic heterocycles. The number of aliphatic hydroxyl groups excluding tert-OH is 2. The van der Waals surface area contributed by atoms with E-state index in [0.29, 0.717) is 0 Å². The van der Waals surface area contributed by atoms with Gasteiger partial charge in [-0.1, -0.05) is 0 Å². The van der Waals surface area contributed by atoms with Gasteiger partial charge < -0.3 is 30.3 Å². The van der Waals surface area contributed by atoms with Gasteiger partial charge in [-0.15, -0.1) is 0 Å². The average molecular weight is 222 g/mol. The van der Waals surface area contributed by atoms with Crippen LogP contribution in [-0.2, 0) is 4.79 Å². The smallest absolute Gasteiger partial charge is 0.154 e. The van der Waals surface area contributed by atoms with Gasteiger partial charge >= 0.3 is 0 Å². The second-order valence-corrected chi connectivity index (χ2v) is 4.33. The quantitative estimate of drug-likeness (QED) is 0.337. The fraction of sp³-hybridized carbons (Fsp3) is 0.889. The van der Waals surface area contributed by atoms with Crippen LogP contribution in [0.4, 0.5) is 0 Å². The molecule has 6 nitrogen and oxygen atoms in total. The molecule has 0 spiro atoms. The Morgan fingerprint density at radius 1 is 1.20 bits per heavy atom. The summed E-state index contributed by atoms with van der Waals surface area (Å²) in [5.41, 5.74) is -6.52. The summed E-state index contributed by atoms with van der Waals surface area (Å²) in [6.45, 7) is 2.25. The van der Waals surface area contributed by atoms with Gasteiger partial charge in [-0.25, -0.2) is 0 Å². The first kappa shape index (κ1) is 14.5. The Bertz CT molecular complexity index is 233. The first-order chi connectivity index (χ1) is 6.53. The molecule has 0 aliphatic rings. The monoisotopic (exact) mass is 222 g/mol. The summed E-state index contributed by atoms with van der Waals surface area (Å²) >= 11 is 0. The highest BCUT2D eigenvalue weighted by molar-refractivity contribution is 5.64. The van der Waals surface area contributed by atoms with Crippen molar-refractivity contribution < 1.29 is 30.3 Å². The molecule has 0 saturated carbocycles. The van der Waals surface area contributed by atoms with Crippen molar-refractivity contribution in [3.8, 4) is 0 Å². The van der Waals surface area contributed by atoms with Crippen LogP contribution in [0.1, 0.15) is 20.8 Å². The predicted molar refractivity (Wildman–Crippen MR) is 51.0 cm³/mol. The van der Waals surface area contributed by atoms with Crippen molar-refractivity contribution in [2.45, 2.75) is 43.7 Å². The maximum atomic E-state index is 10.5. The molecule has 0 rings (SSSR count). The standard InChI is InChI=1S/C9H18O6/c1-7(13,4-10)6(12)9(3,15)8(2,14)5-11/h5-6,10,12-15H,4H2,1-3H3/t6-,7+,8-,9-/m0/s1. The molecule has 0 aromatic heterocycles. The molecular weight excluding hydrogens is 204 g/mol. The van der Waals surface area contributed by atoms with Gasteiger partial charge in [0.1, 0.15) is 22.9 Å². The maximum absolute atomic E-state index is 10.5. The molecule has 90 valence electrons. The van der Waals surface area contributed by atoms with Gasteiger partial charge in [-0.05, 0) is 20.8 Å². The molecule has 0 aromatic carbocycles. The van der Waals surface area contributed by atoms with Crippen LogP contribution in [-0.4, -0.2) is 61.3 Å². The van der Waals surface area contributed by atoms with Crippen molar-refractivity contribution >= 4 is 6.29 Å². The number of aldehydes is 1. The zero-order valence-corrected chi connectivity index (χ0v) is 9.01. The second kappa shape index (κ2) is 4.15. The molecule has 0 unspecified atom stereocenters. The van der Waals surface area contributed by atoms with Crippen LogP contribution in [0.3, 0.4) is 0 Å². The largest absolute Gasteiger partial charge is 0.393 e. The fourth-order valence-corrected chi connectivity index (χ4v) is 1.09. The number of hydrogen-bond acceptors (Lipinski definition) is 6. The van der Waals surface area contributed by atoms with Crippen LogP contribution >= 0.6 is 0 Å². The topological polar surface area (TPSA) is 118 Å². The molecule has 0 aromatic rings. The van der Waals surface area contributed by atoms with Gasteiger partial charge in [-0.2, -0.15) is 0 Å². The molecule has 0 amide bonds. The van der Waals surface area contributed by atoms with Crippen molar-refractivity contribution in [1.29, 1.82) is 0 Å². The van der Waals surface area contributed by atoms with E-state index in [1.165, 1.54) is 0 Å². The van der Waals surface area contributed by atoms with Crippen molar-refractivity contribution in [2.24, 2.45) is 0 Å². The minimum Gasteiger partial charge on any atom is -0.393 e. The van der Waals surface area contributed by atoms with E-state index < -0.39 is 29.5 Å². The predicted octanol–water partition coefficient (Wildman–Crippen LogP) is -2.21. The lowest BCUT2D eigenvalue weighted by molar-refractivity contribution is -0.227. The van der Waals surface area contributed by atoms with Crippen LogP contribution < -0.4 is 0 Å². The van der Waals surface area contributed by atoms with Crippen molar-refractivity contribution in [3.63, 3.8) is 0 Å².